The minimum Gasteiger partial charge on any atom is -0.336 e. The van der Waals surface area contributed by atoms with Gasteiger partial charge in [0, 0.05) is 30.7 Å². The molecule has 2 aromatic heterocycles. The highest BCUT2D eigenvalue weighted by molar-refractivity contribution is 6.30. The number of nitrogens with zero attached hydrogens (tertiary/aromatic N) is 2. The zero-order chi connectivity index (χ0) is 16.9. The molecule has 0 unspecified atom stereocenters. The molecule has 0 aliphatic carbocycles. The molecule has 126 valence electrons. The highest BCUT2D eigenvalue weighted by Gasteiger charge is 2.27. The van der Waals surface area contributed by atoms with E-state index in [-0.39, 0.29) is 22.5 Å². The number of amides is 1. The Balaban J connectivity index is 1.72. The minimum absolute atomic E-state index is 0.0443. The van der Waals surface area contributed by atoms with E-state index in [2.05, 4.69) is 9.97 Å². The Morgan fingerprint density at radius 2 is 2.25 bits per heavy atom. The Labute approximate surface area is 145 Å². The van der Waals surface area contributed by atoms with Crippen LogP contribution < -0.4 is 5.56 Å². The minimum atomic E-state index is -0.376. The fraction of sp³-hybridized carbons (Fsp3) is 0.389. The third-order valence-electron chi connectivity index (χ3n) is 4.45. The van der Waals surface area contributed by atoms with Gasteiger partial charge in [-0.1, -0.05) is 17.7 Å². The largest absolute Gasteiger partial charge is 0.336 e. The molecule has 0 bridgehead atoms. The maximum Gasteiger partial charge on any atom is 0.266 e. The van der Waals surface area contributed by atoms with Crippen molar-refractivity contribution in [1.29, 1.82) is 0 Å². The van der Waals surface area contributed by atoms with Crippen molar-refractivity contribution >= 4 is 17.5 Å². The quantitative estimate of drug-likeness (QED) is 0.926. The highest BCUT2D eigenvalue weighted by Crippen LogP contribution is 2.23. The molecule has 1 fully saturated rings. The van der Waals surface area contributed by atoms with Crippen molar-refractivity contribution in [3.8, 4) is 0 Å². The van der Waals surface area contributed by atoms with Crippen molar-refractivity contribution in [3.05, 3.63) is 63.3 Å². The number of H-pyrrole nitrogens is 1. The smallest absolute Gasteiger partial charge is 0.266 e. The average Bonchev–Trinajstić information content (AvgIpc) is 2.63. The van der Waals surface area contributed by atoms with Crippen molar-refractivity contribution in [1.82, 2.24) is 14.9 Å². The van der Waals surface area contributed by atoms with E-state index in [4.69, 9.17) is 11.6 Å². The summed E-state index contributed by atoms with van der Waals surface area (Å²) in [4.78, 5) is 33.0. The number of carbonyl (C=O) groups is 1. The van der Waals surface area contributed by atoms with E-state index in [0.29, 0.717) is 5.56 Å². The lowest BCUT2D eigenvalue weighted by Gasteiger charge is -2.36. The number of nitrogens with one attached hydrogen (secondary N) is 1. The van der Waals surface area contributed by atoms with Crippen molar-refractivity contribution in [2.45, 2.75) is 38.1 Å². The molecule has 1 aliphatic rings. The van der Waals surface area contributed by atoms with Crippen LogP contribution in [-0.4, -0.2) is 33.4 Å². The Hall–Kier alpha value is -2.14. The van der Waals surface area contributed by atoms with E-state index in [1.807, 2.05) is 23.1 Å². The summed E-state index contributed by atoms with van der Waals surface area (Å²) in [5, 5.41) is 0.0443. The van der Waals surface area contributed by atoms with E-state index in [1.165, 1.54) is 12.3 Å². The maximum atomic E-state index is 12.8. The number of hydrogen-bond acceptors (Lipinski definition) is 3. The van der Waals surface area contributed by atoms with Crippen LogP contribution in [0.15, 0.2) is 41.5 Å². The van der Waals surface area contributed by atoms with Crippen LogP contribution in [0.4, 0.5) is 0 Å². The van der Waals surface area contributed by atoms with Crippen LogP contribution in [0.5, 0.6) is 0 Å². The first kappa shape index (κ1) is 16.7. The zero-order valence-electron chi connectivity index (χ0n) is 13.4. The molecule has 3 heterocycles. The van der Waals surface area contributed by atoms with Crippen molar-refractivity contribution < 1.29 is 4.79 Å². The predicted molar refractivity (Wildman–Crippen MR) is 93.3 cm³/mol. The SMILES string of the molecule is O=C(c1c[nH]c(=O)c(Cl)c1)N1CCCC[C@@H]1CCc1ccccn1. The molecule has 0 spiro atoms. The van der Waals surface area contributed by atoms with E-state index in [0.717, 1.165) is 44.3 Å². The van der Waals surface area contributed by atoms with Crippen molar-refractivity contribution in [2.24, 2.45) is 0 Å². The van der Waals surface area contributed by atoms with Crippen molar-refractivity contribution in [2.75, 3.05) is 6.54 Å². The normalized spacial score (nSPS) is 17.7. The first-order valence-corrected chi connectivity index (χ1v) is 8.62. The lowest BCUT2D eigenvalue weighted by Crippen LogP contribution is -2.44. The van der Waals surface area contributed by atoms with Crippen molar-refractivity contribution in [3.63, 3.8) is 0 Å². The lowest BCUT2D eigenvalue weighted by atomic mass is 9.96. The van der Waals surface area contributed by atoms with Gasteiger partial charge in [0.1, 0.15) is 5.02 Å². The highest BCUT2D eigenvalue weighted by atomic mass is 35.5. The van der Waals surface area contributed by atoms with Gasteiger partial charge in [0.2, 0.25) is 0 Å². The first-order chi connectivity index (χ1) is 11.6. The number of piperidine rings is 1. The summed E-state index contributed by atoms with van der Waals surface area (Å²) in [6.07, 6.45) is 8.10. The fourth-order valence-electron chi connectivity index (χ4n) is 3.17. The molecule has 3 rings (SSSR count). The number of pyridine rings is 2. The number of aryl methyl sites for hydroxylation is 1. The standard InChI is InChI=1S/C18H20ClN3O2/c19-16-11-13(12-21-17(16)23)18(24)22-10-4-2-6-15(22)8-7-14-5-1-3-9-20-14/h1,3,5,9,11-12,15H,2,4,6-8,10H2,(H,21,23)/t15-/m1/s1. The molecule has 24 heavy (non-hydrogen) atoms. The second-order valence-corrected chi connectivity index (χ2v) is 6.48. The summed E-state index contributed by atoms with van der Waals surface area (Å²) >= 11 is 5.85. The van der Waals surface area contributed by atoms with Gasteiger partial charge in [0.15, 0.2) is 0 Å². The molecular weight excluding hydrogens is 326 g/mol. The number of aromatic nitrogens is 2. The summed E-state index contributed by atoms with van der Waals surface area (Å²) < 4.78 is 0. The molecule has 0 radical (unpaired) electrons. The van der Waals surface area contributed by atoms with Crippen LogP contribution in [-0.2, 0) is 6.42 Å². The average molecular weight is 346 g/mol. The summed E-state index contributed by atoms with van der Waals surface area (Å²) in [5.41, 5.74) is 1.10. The van der Waals surface area contributed by atoms with Crippen LogP contribution in [0.25, 0.3) is 0 Å². The Morgan fingerprint density at radius 1 is 1.38 bits per heavy atom. The first-order valence-electron chi connectivity index (χ1n) is 8.24. The van der Waals surface area contributed by atoms with Gasteiger partial charge in [0.25, 0.3) is 11.5 Å². The Morgan fingerprint density at radius 3 is 3.00 bits per heavy atom. The molecule has 0 aromatic carbocycles. The van der Waals surface area contributed by atoms with Crippen LogP contribution in [0, 0.1) is 0 Å². The molecule has 5 nitrogen and oxygen atoms in total. The summed E-state index contributed by atoms with van der Waals surface area (Å²) in [7, 11) is 0. The molecule has 1 atom stereocenters. The van der Waals surface area contributed by atoms with Gasteiger partial charge < -0.3 is 9.88 Å². The van der Waals surface area contributed by atoms with Gasteiger partial charge >= 0.3 is 0 Å². The van der Waals surface area contributed by atoms with Gasteiger partial charge in [-0.05, 0) is 50.3 Å². The lowest BCUT2D eigenvalue weighted by molar-refractivity contribution is 0.0601. The second kappa shape index (κ2) is 7.62. The van der Waals surface area contributed by atoms with Crippen LogP contribution in [0.3, 0.4) is 0 Å². The van der Waals surface area contributed by atoms with Gasteiger partial charge in [-0.2, -0.15) is 0 Å². The van der Waals surface area contributed by atoms with E-state index >= 15 is 0 Å². The summed E-state index contributed by atoms with van der Waals surface area (Å²) in [6, 6.07) is 7.54. The maximum absolute atomic E-state index is 12.8. The van der Waals surface area contributed by atoms with Gasteiger partial charge in [-0.15, -0.1) is 0 Å². The molecular formula is C18H20ClN3O2. The van der Waals surface area contributed by atoms with Gasteiger partial charge in [-0.25, -0.2) is 0 Å². The summed E-state index contributed by atoms with van der Waals surface area (Å²) in [6.45, 7) is 0.739. The number of carbonyl (C=O) groups excluding carboxylic acids is 1. The molecule has 1 saturated heterocycles. The molecule has 0 saturated carbocycles. The molecule has 2 aromatic rings. The zero-order valence-corrected chi connectivity index (χ0v) is 14.1. The topological polar surface area (TPSA) is 66.1 Å². The van der Waals surface area contributed by atoms with Crippen LogP contribution in [0.2, 0.25) is 5.02 Å². The van der Waals surface area contributed by atoms with Crippen LogP contribution >= 0.6 is 11.6 Å². The van der Waals surface area contributed by atoms with Gasteiger partial charge in [0.05, 0.1) is 5.56 Å². The monoisotopic (exact) mass is 345 g/mol. The third-order valence-corrected chi connectivity index (χ3v) is 4.73. The van der Waals surface area contributed by atoms with E-state index in [1.54, 1.807) is 6.20 Å². The summed E-state index contributed by atoms with van der Waals surface area (Å²) in [5.74, 6) is -0.0705. The molecule has 1 amide bonds. The number of aromatic amines is 1. The Kier molecular flexibility index (Phi) is 5.30. The Bertz CT molecular complexity index is 760. The third kappa shape index (κ3) is 3.85. The number of halogens is 1. The van der Waals surface area contributed by atoms with E-state index < -0.39 is 0 Å². The molecule has 1 aliphatic heterocycles. The van der Waals surface area contributed by atoms with Gasteiger partial charge in [-0.3, -0.25) is 14.6 Å². The predicted octanol–water partition coefficient (Wildman–Crippen LogP) is 3.05. The molecule has 6 heteroatoms. The number of likely N-dealkylation sites (tertiary alicyclic amines) is 1. The molecule has 1 N–H and O–H groups in total. The van der Waals surface area contributed by atoms with E-state index in [9.17, 15) is 9.59 Å². The number of hydrogen-bond donors (Lipinski definition) is 1. The fourth-order valence-corrected chi connectivity index (χ4v) is 3.35. The van der Waals surface area contributed by atoms with Crippen LogP contribution in [0.1, 0.15) is 41.7 Å². The number of rotatable bonds is 4. The second-order valence-electron chi connectivity index (χ2n) is 6.07.